The maximum atomic E-state index is 13.7. The van der Waals surface area contributed by atoms with Crippen LogP contribution in [0.1, 0.15) is 12.5 Å². The third-order valence-electron chi connectivity index (χ3n) is 2.84. The molecule has 100 valence electrons. The Morgan fingerprint density at radius 1 is 1.11 bits per heavy atom. The Hall–Kier alpha value is -1.45. The van der Waals surface area contributed by atoms with Crippen molar-refractivity contribution in [3.05, 3.63) is 58.6 Å². The second kappa shape index (κ2) is 6.13. The summed E-state index contributed by atoms with van der Waals surface area (Å²) in [6.07, 6.45) is 0. The fourth-order valence-electron chi connectivity index (χ4n) is 1.90. The van der Waals surface area contributed by atoms with Crippen molar-refractivity contribution >= 4 is 11.6 Å². The summed E-state index contributed by atoms with van der Waals surface area (Å²) in [5, 5.41) is 3.51. The molecule has 0 unspecified atom stereocenters. The van der Waals surface area contributed by atoms with Gasteiger partial charge in [-0.05, 0) is 30.3 Å². The Morgan fingerprint density at radius 2 is 1.79 bits per heavy atom. The molecule has 4 heteroatoms. The molecular weight excluding hydrogens is 268 g/mol. The lowest BCUT2D eigenvalue weighted by atomic mass is 10.0. The SMILES string of the molecule is CCNCc1ccc(-c2c(F)cccc2F)c(Cl)c1. The highest BCUT2D eigenvalue weighted by Gasteiger charge is 2.14. The van der Waals surface area contributed by atoms with Crippen LogP contribution in [0.25, 0.3) is 11.1 Å². The minimum absolute atomic E-state index is 0.0810. The van der Waals surface area contributed by atoms with Gasteiger partial charge in [0.15, 0.2) is 0 Å². The van der Waals surface area contributed by atoms with Crippen LogP contribution in [-0.2, 0) is 6.54 Å². The van der Waals surface area contributed by atoms with Gasteiger partial charge < -0.3 is 5.32 Å². The third-order valence-corrected chi connectivity index (χ3v) is 3.16. The van der Waals surface area contributed by atoms with E-state index >= 15 is 0 Å². The lowest BCUT2D eigenvalue weighted by molar-refractivity contribution is 0.589. The van der Waals surface area contributed by atoms with Gasteiger partial charge in [-0.15, -0.1) is 0 Å². The van der Waals surface area contributed by atoms with Crippen molar-refractivity contribution < 1.29 is 8.78 Å². The van der Waals surface area contributed by atoms with Crippen molar-refractivity contribution in [2.75, 3.05) is 6.54 Å². The average molecular weight is 282 g/mol. The van der Waals surface area contributed by atoms with E-state index in [-0.39, 0.29) is 5.56 Å². The molecule has 1 nitrogen and oxygen atoms in total. The van der Waals surface area contributed by atoms with Crippen LogP contribution in [0.5, 0.6) is 0 Å². The predicted octanol–water partition coefficient (Wildman–Crippen LogP) is 4.39. The fourth-order valence-corrected chi connectivity index (χ4v) is 2.19. The van der Waals surface area contributed by atoms with Crippen LogP contribution in [-0.4, -0.2) is 6.54 Å². The first kappa shape index (κ1) is 14.0. The number of hydrogen-bond acceptors (Lipinski definition) is 1. The largest absolute Gasteiger partial charge is 0.313 e. The van der Waals surface area contributed by atoms with Gasteiger partial charge >= 0.3 is 0 Å². The molecule has 2 aromatic rings. The van der Waals surface area contributed by atoms with E-state index in [2.05, 4.69) is 5.32 Å². The number of hydrogen-bond donors (Lipinski definition) is 1. The second-order valence-corrected chi connectivity index (χ2v) is 4.60. The van der Waals surface area contributed by atoms with Gasteiger partial charge in [-0.2, -0.15) is 0 Å². The van der Waals surface area contributed by atoms with Gasteiger partial charge in [0.2, 0.25) is 0 Å². The van der Waals surface area contributed by atoms with Crippen molar-refractivity contribution in [2.24, 2.45) is 0 Å². The zero-order valence-corrected chi connectivity index (χ0v) is 11.3. The zero-order valence-electron chi connectivity index (χ0n) is 10.5. The fraction of sp³-hybridized carbons (Fsp3) is 0.200. The van der Waals surface area contributed by atoms with Gasteiger partial charge in [-0.25, -0.2) is 8.78 Å². The summed E-state index contributed by atoms with van der Waals surface area (Å²) < 4.78 is 27.4. The third kappa shape index (κ3) is 3.11. The Labute approximate surface area is 116 Å². The maximum absolute atomic E-state index is 13.7. The van der Waals surface area contributed by atoms with E-state index < -0.39 is 11.6 Å². The van der Waals surface area contributed by atoms with E-state index in [1.165, 1.54) is 18.2 Å². The average Bonchev–Trinajstić information content (AvgIpc) is 2.38. The molecule has 1 N–H and O–H groups in total. The summed E-state index contributed by atoms with van der Waals surface area (Å²) in [7, 11) is 0. The van der Waals surface area contributed by atoms with E-state index in [1.54, 1.807) is 12.1 Å². The molecule has 0 radical (unpaired) electrons. The van der Waals surface area contributed by atoms with Gasteiger partial charge in [0.1, 0.15) is 11.6 Å². The predicted molar refractivity (Wildman–Crippen MR) is 74.2 cm³/mol. The minimum atomic E-state index is -0.610. The van der Waals surface area contributed by atoms with E-state index in [1.807, 2.05) is 13.0 Å². The van der Waals surface area contributed by atoms with Gasteiger partial charge in [-0.3, -0.25) is 0 Å². The highest BCUT2D eigenvalue weighted by molar-refractivity contribution is 6.33. The molecule has 0 aromatic heterocycles. The number of benzene rings is 2. The summed E-state index contributed by atoms with van der Waals surface area (Å²) in [4.78, 5) is 0. The van der Waals surface area contributed by atoms with Gasteiger partial charge in [0.25, 0.3) is 0 Å². The monoisotopic (exact) mass is 281 g/mol. The maximum Gasteiger partial charge on any atom is 0.134 e. The molecule has 2 aromatic carbocycles. The van der Waals surface area contributed by atoms with Crippen LogP contribution in [0.15, 0.2) is 36.4 Å². The molecular formula is C15H14ClF2N. The number of halogens is 3. The van der Waals surface area contributed by atoms with Gasteiger partial charge in [0.05, 0.1) is 5.56 Å². The standard InChI is InChI=1S/C15H14ClF2N/c1-2-19-9-10-6-7-11(12(16)8-10)15-13(17)4-3-5-14(15)18/h3-8,19H,2,9H2,1H3. The van der Waals surface area contributed by atoms with Crippen molar-refractivity contribution in [2.45, 2.75) is 13.5 Å². The summed E-state index contributed by atoms with van der Waals surface area (Å²) in [6, 6.07) is 8.97. The second-order valence-electron chi connectivity index (χ2n) is 4.19. The van der Waals surface area contributed by atoms with Crippen molar-refractivity contribution in [1.82, 2.24) is 5.32 Å². The first-order valence-corrected chi connectivity index (χ1v) is 6.44. The summed E-state index contributed by atoms with van der Waals surface area (Å²) in [5.41, 5.74) is 1.27. The molecule has 0 aliphatic rings. The Bertz CT molecular complexity index is 564. The van der Waals surface area contributed by atoms with E-state index in [4.69, 9.17) is 11.6 Å². The first-order valence-electron chi connectivity index (χ1n) is 6.07. The normalized spacial score (nSPS) is 10.7. The lowest BCUT2D eigenvalue weighted by Gasteiger charge is -2.09. The molecule has 0 aliphatic carbocycles. The van der Waals surface area contributed by atoms with E-state index in [0.29, 0.717) is 17.1 Å². The van der Waals surface area contributed by atoms with Crippen molar-refractivity contribution in [3.8, 4) is 11.1 Å². The van der Waals surface area contributed by atoms with Crippen LogP contribution in [0.4, 0.5) is 8.78 Å². The van der Waals surface area contributed by atoms with Crippen LogP contribution in [0.3, 0.4) is 0 Å². The van der Waals surface area contributed by atoms with E-state index in [0.717, 1.165) is 12.1 Å². The molecule has 0 aliphatic heterocycles. The number of rotatable bonds is 4. The first-order chi connectivity index (χ1) is 9.13. The Kier molecular flexibility index (Phi) is 4.51. The molecule has 2 rings (SSSR count). The molecule has 0 saturated carbocycles. The molecule has 0 atom stereocenters. The smallest absolute Gasteiger partial charge is 0.134 e. The quantitative estimate of drug-likeness (QED) is 0.876. The van der Waals surface area contributed by atoms with Crippen molar-refractivity contribution in [1.29, 1.82) is 0 Å². The van der Waals surface area contributed by atoms with Gasteiger partial charge in [-0.1, -0.05) is 36.7 Å². The Balaban J connectivity index is 2.41. The summed E-state index contributed by atoms with van der Waals surface area (Å²) in [5.74, 6) is -1.22. The molecule has 0 bridgehead atoms. The van der Waals surface area contributed by atoms with Crippen LogP contribution >= 0.6 is 11.6 Å². The summed E-state index contributed by atoms with van der Waals surface area (Å²) >= 11 is 6.13. The van der Waals surface area contributed by atoms with E-state index in [9.17, 15) is 8.78 Å². The van der Waals surface area contributed by atoms with Crippen molar-refractivity contribution in [3.63, 3.8) is 0 Å². The minimum Gasteiger partial charge on any atom is -0.313 e. The van der Waals surface area contributed by atoms with Crippen LogP contribution in [0.2, 0.25) is 5.02 Å². The molecule has 0 amide bonds. The lowest BCUT2D eigenvalue weighted by Crippen LogP contribution is -2.11. The molecule has 0 spiro atoms. The molecule has 19 heavy (non-hydrogen) atoms. The van der Waals surface area contributed by atoms with Crippen LogP contribution < -0.4 is 5.32 Å². The highest BCUT2D eigenvalue weighted by Crippen LogP contribution is 2.32. The molecule has 0 saturated heterocycles. The molecule has 0 fully saturated rings. The summed E-state index contributed by atoms with van der Waals surface area (Å²) in [6.45, 7) is 3.53. The topological polar surface area (TPSA) is 12.0 Å². The van der Waals surface area contributed by atoms with Crippen LogP contribution in [0, 0.1) is 11.6 Å². The number of nitrogens with one attached hydrogen (secondary N) is 1. The molecule has 0 heterocycles. The van der Waals surface area contributed by atoms with Gasteiger partial charge in [0, 0.05) is 17.1 Å². The zero-order chi connectivity index (χ0) is 13.8. The highest BCUT2D eigenvalue weighted by atomic mass is 35.5. The Morgan fingerprint density at radius 3 is 2.37 bits per heavy atom.